The summed E-state index contributed by atoms with van der Waals surface area (Å²) in [6.07, 6.45) is -0.200. The molecular weight excluding hydrogens is 471 g/mol. The lowest BCUT2D eigenvalue weighted by Gasteiger charge is -2.24. The van der Waals surface area contributed by atoms with Gasteiger partial charge in [-0.1, -0.05) is 65.1 Å². The Kier molecular flexibility index (Phi) is 5.68. The lowest BCUT2D eigenvalue weighted by atomic mass is 9.93. The summed E-state index contributed by atoms with van der Waals surface area (Å²) in [6, 6.07) is 17.4. The number of carbonyl (C=O) groups excluding carboxylic acids is 2. The van der Waals surface area contributed by atoms with Crippen LogP contribution < -0.4 is 0 Å². The number of rotatable bonds is 5. The van der Waals surface area contributed by atoms with E-state index in [0.717, 1.165) is 11.1 Å². The third kappa shape index (κ3) is 3.67. The van der Waals surface area contributed by atoms with Gasteiger partial charge in [-0.25, -0.2) is 4.79 Å². The van der Waals surface area contributed by atoms with Crippen LogP contribution in [0.15, 0.2) is 54.6 Å². The number of hydrogen-bond acceptors (Lipinski definition) is 5. The number of fused-ring (bicyclic) bond motifs is 1. The Balaban J connectivity index is 1.49. The Bertz CT molecular complexity index is 851. The molecule has 146 valence electrons. The predicted octanol–water partition coefficient (Wildman–Crippen LogP) is 3.89. The minimum absolute atomic E-state index is 0.0348. The van der Waals surface area contributed by atoms with E-state index in [9.17, 15) is 9.59 Å². The molecule has 0 radical (unpaired) electrons. The number of hydrogen-bond donors (Lipinski definition) is 0. The Morgan fingerprint density at radius 2 is 1.79 bits per heavy atom. The summed E-state index contributed by atoms with van der Waals surface area (Å²) in [4.78, 5) is 24.4. The van der Waals surface area contributed by atoms with Gasteiger partial charge in [0.25, 0.3) is 0 Å². The highest BCUT2D eigenvalue weighted by Crippen LogP contribution is 2.46. The molecule has 1 saturated carbocycles. The Morgan fingerprint density at radius 1 is 1.11 bits per heavy atom. The lowest BCUT2D eigenvalue weighted by molar-refractivity contribution is -0.141. The van der Waals surface area contributed by atoms with Crippen molar-refractivity contribution in [2.75, 3.05) is 13.7 Å². The van der Waals surface area contributed by atoms with Gasteiger partial charge in [-0.05, 0) is 23.3 Å². The van der Waals surface area contributed by atoms with Gasteiger partial charge in [0.2, 0.25) is 0 Å². The van der Waals surface area contributed by atoms with Crippen molar-refractivity contribution in [2.24, 2.45) is 11.8 Å². The molecule has 1 aliphatic heterocycles. The van der Waals surface area contributed by atoms with Crippen molar-refractivity contribution in [3.63, 3.8) is 0 Å². The predicted molar refractivity (Wildman–Crippen MR) is 112 cm³/mol. The molecule has 0 bridgehead atoms. The molecule has 1 saturated heterocycles. The first-order chi connectivity index (χ1) is 13.6. The highest BCUT2D eigenvalue weighted by molar-refractivity contribution is 14.1. The summed E-state index contributed by atoms with van der Waals surface area (Å²) < 4.78 is 16.6. The third-order valence-electron chi connectivity index (χ3n) is 5.52. The van der Waals surface area contributed by atoms with Crippen molar-refractivity contribution >= 4 is 34.5 Å². The van der Waals surface area contributed by atoms with Gasteiger partial charge in [-0.2, -0.15) is 0 Å². The van der Waals surface area contributed by atoms with Gasteiger partial charge in [-0.15, -0.1) is 0 Å². The van der Waals surface area contributed by atoms with Crippen LogP contribution in [0.3, 0.4) is 0 Å². The topological polar surface area (TPSA) is 61.8 Å². The zero-order chi connectivity index (χ0) is 19.7. The van der Waals surface area contributed by atoms with Crippen molar-refractivity contribution in [3.8, 4) is 11.1 Å². The third-order valence-corrected chi connectivity index (χ3v) is 6.94. The summed E-state index contributed by atoms with van der Waals surface area (Å²) in [5.74, 6) is -0.554. The zero-order valence-corrected chi connectivity index (χ0v) is 17.6. The molecule has 2 aromatic carbocycles. The molecule has 0 N–H and O–H groups in total. The van der Waals surface area contributed by atoms with Crippen LogP contribution in [0.4, 0.5) is 0 Å². The van der Waals surface area contributed by atoms with Gasteiger partial charge in [0.05, 0.1) is 22.5 Å². The van der Waals surface area contributed by atoms with Gasteiger partial charge in [0.15, 0.2) is 0 Å². The van der Waals surface area contributed by atoms with Gasteiger partial charge < -0.3 is 14.2 Å². The maximum atomic E-state index is 12.8. The van der Waals surface area contributed by atoms with E-state index >= 15 is 0 Å². The molecule has 0 amide bonds. The van der Waals surface area contributed by atoms with Gasteiger partial charge >= 0.3 is 11.9 Å². The van der Waals surface area contributed by atoms with Crippen molar-refractivity contribution in [1.82, 2.24) is 0 Å². The number of ether oxygens (including phenoxy) is 3. The van der Waals surface area contributed by atoms with Crippen molar-refractivity contribution in [2.45, 2.75) is 22.6 Å². The number of esters is 2. The van der Waals surface area contributed by atoms with E-state index in [0.29, 0.717) is 18.6 Å². The van der Waals surface area contributed by atoms with Crippen molar-refractivity contribution in [1.29, 1.82) is 0 Å². The number of benzene rings is 2. The van der Waals surface area contributed by atoms with Crippen LogP contribution >= 0.6 is 22.6 Å². The SMILES string of the molecule is COC[C@H]1[C@H]2CC(=O)O[C@@H]2[C@H](I)[C@@H]1OC(=O)c1ccc(-c2ccccc2)cc1. The molecule has 0 aromatic heterocycles. The van der Waals surface area contributed by atoms with Gasteiger partial charge in [0, 0.05) is 18.9 Å². The highest BCUT2D eigenvalue weighted by atomic mass is 127. The number of methoxy groups -OCH3 is 1. The summed E-state index contributed by atoms with van der Waals surface area (Å²) in [5.41, 5.74) is 2.65. The second kappa shape index (κ2) is 8.21. The minimum Gasteiger partial charge on any atom is -0.461 e. The molecule has 5 nitrogen and oxygen atoms in total. The van der Waals surface area contributed by atoms with Crippen LogP contribution in [0.2, 0.25) is 0 Å². The molecular formula is C22H21IO5. The molecule has 5 atom stereocenters. The maximum Gasteiger partial charge on any atom is 0.338 e. The fourth-order valence-electron chi connectivity index (χ4n) is 4.14. The number of halogens is 1. The zero-order valence-electron chi connectivity index (χ0n) is 15.4. The summed E-state index contributed by atoms with van der Waals surface area (Å²) in [6.45, 7) is 0.433. The van der Waals surface area contributed by atoms with Crippen molar-refractivity contribution < 1.29 is 23.8 Å². The van der Waals surface area contributed by atoms with Gasteiger partial charge in [0.1, 0.15) is 12.2 Å². The molecule has 2 aromatic rings. The largest absolute Gasteiger partial charge is 0.461 e. The fourth-order valence-corrected chi connectivity index (χ4v) is 5.50. The molecule has 0 unspecified atom stereocenters. The second-order valence-electron chi connectivity index (χ2n) is 7.20. The normalized spacial score (nSPS) is 28.6. The van der Waals surface area contributed by atoms with Crippen LogP contribution in [0.1, 0.15) is 16.8 Å². The summed E-state index contributed by atoms with van der Waals surface area (Å²) in [5, 5.41) is 0. The Hall–Kier alpha value is -1.93. The molecule has 28 heavy (non-hydrogen) atoms. The molecule has 4 rings (SSSR count). The van der Waals surface area contributed by atoms with Crippen LogP contribution in [-0.2, 0) is 19.0 Å². The van der Waals surface area contributed by atoms with E-state index < -0.39 is 0 Å². The van der Waals surface area contributed by atoms with Crippen LogP contribution in [0, 0.1) is 11.8 Å². The van der Waals surface area contributed by atoms with E-state index in [1.54, 1.807) is 19.2 Å². The van der Waals surface area contributed by atoms with E-state index in [4.69, 9.17) is 14.2 Å². The Labute approximate surface area is 177 Å². The van der Waals surface area contributed by atoms with E-state index in [1.165, 1.54) is 0 Å². The number of carbonyl (C=O) groups is 2. The fraction of sp³-hybridized carbons (Fsp3) is 0.364. The minimum atomic E-state index is -0.362. The standard InChI is InChI=1S/C22H21IO5/c1-26-12-17-16-11-18(24)27-20(16)19(23)21(17)28-22(25)15-9-7-14(8-10-15)13-5-3-2-4-6-13/h2-10,16-17,19-21H,11-12H2,1H3/t16-,17+,19+,20+,21-/m1/s1. The Morgan fingerprint density at radius 3 is 2.46 bits per heavy atom. The average molecular weight is 492 g/mol. The quantitative estimate of drug-likeness (QED) is 0.360. The smallest absolute Gasteiger partial charge is 0.338 e. The van der Waals surface area contributed by atoms with Crippen LogP contribution in [0.5, 0.6) is 0 Å². The molecule has 1 aliphatic carbocycles. The monoisotopic (exact) mass is 492 g/mol. The van der Waals surface area contributed by atoms with E-state index in [2.05, 4.69) is 22.6 Å². The molecule has 1 heterocycles. The second-order valence-corrected chi connectivity index (χ2v) is 8.64. The first-order valence-corrected chi connectivity index (χ1v) is 10.5. The van der Waals surface area contributed by atoms with Crippen LogP contribution in [0.25, 0.3) is 11.1 Å². The van der Waals surface area contributed by atoms with E-state index in [1.807, 2.05) is 42.5 Å². The van der Waals surface area contributed by atoms with Crippen LogP contribution in [-0.4, -0.2) is 41.8 Å². The van der Waals surface area contributed by atoms with E-state index in [-0.39, 0.29) is 39.9 Å². The van der Waals surface area contributed by atoms with Crippen molar-refractivity contribution in [3.05, 3.63) is 60.2 Å². The maximum absolute atomic E-state index is 12.8. The first-order valence-electron chi connectivity index (χ1n) is 9.27. The molecule has 6 heteroatoms. The molecule has 0 spiro atoms. The molecule has 2 aliphatic rings. The summed E-state index contributed by atoms with van der Waals surface area (Å²) >= 11 is 2.23. The highest BCUT2D eigenvalue weighted by Gasteiger charge is 2.57. The van der Waals surface area contributed by atoms with Gasteiger partial charge in [-0.3, -0.25) is 4.79 Å². The number of alkyl halides is 1. The summed E-state index contributed by atoms with van der Waals surface area (Å²) in [7, 11) is 1.62. The first kappa shape index (κ1) is 19.4. The molecule has 2 fully saturated rings. The lowest BCUT2D eigenvalue weighted by Crippen LogP contribution is -2.34. The average Bonchev–Trinajstić information content (AvgIpc) is 3.21.